The summed E-state index contributed by atoms with van der Waals surface area (Å²) < 4.78 is 34.2. The molecule has 2 N–H and O–H groups in total. The maximum atomic E-state index is 12.4. The van der Waals surface area contributed by atoms with Gasteiger partial charge >= 0.3 is 6.61 Å². The molecule has 0 saturated carbocycles. The largest absolute Gasteiger partial charge is 0.493 e. The van der Waals surface area contributed by atoms with Crippen LogP contribution in [0.2, 0.25) is 0 Å². The van der Waals surface area contributed by atoms with Crippen LogP contribution in [0.5, 0.6) is 11.5 Å². The van der Waals surface area contributed by atoms with Crippen molar-refractivity contribution in [1.29, 1.82) is 0 Å². The third-order valence-electron chi connectivity index (χ3n) is 4.02. The lowest BCUT2D eigenvalue weighted by Crippen LogP contribution is -2.26. The Labute approximate surface area is 164 Å². The van der Waals surface area contributed by atoms with E-state index in [1.165, 1.54) is 24.9 Å². The molecule has 1 aliphatic heterocycles. The van der Waals surface area contributed by atoms with Crippen LogP contribution in [0, 0.1) is 0 Å². The number of hydrogen-bond donors (Lipinski definition) is 2. The van der Waals surface area contributed by atoms with Crippen molar-refractivity contribution < 1.29 is 27.8 Å². The fraction of sp³-hybridized carbons (Fsp3) is 0.263. The molecule has 1 heterocycles. The third-order valence-corrected chi connectivity index (χ3v) is 5.09. The Bertz CT molecular complexity index is 892. The number of methoxy groups -OCH3 is 1. The van der Waals surface area contributed by atoms with E-state index in [0.717, 1.165) is 10.5 Å². The van der Waals surface area contributed by atoms with Gasteiger partial charge < -0.3 is 20.1 Å². The van der Waals surface area contributed by atoms with Crippen LogP contribution in [0.25, 0.3) is 0 Å². The van der Waals surface area contributed by atoms with E-state index in [2.05, 4.69) is 15.4 Å². The second kappa shape index (κ2) is 8.92. The van der Waals surface area contributed by atoms with Gasteiger partial charge in [0.05, 0.1) is 18.6 Å². The number of alkyl halides is 2. The number of hydrogen-bond acceptors (Lipinski definition) is 5. The second-order valence-corrected chi connectivity index (χ2v) is 6.93. The van der Waals surface area contributed by atoms with E-state index in [4.69, 9.17) is 4.74 Å². The number of carbonyl (C=O) groups is 2. The lowest BCUT2D eigenvalue weighted by molar-refractivity contribution is -0.113. The van der Waals surface area contributed by atoms with E-state index in [1.54, 1.807) is 30.3 Å². The molecule has 2 amide bonds. The Kier molecular flexibility index (Phi) is 6.35. The van der Waals surface area contributed by atoms with Crippen molar-refractivity contribution in [3.63, 3.8) is 0 Å². The number of rotatable bonds is 7. The first-order valence-electron chi connectivity index (χ1n) is 8.43. The predicted molar refractivity (Wildman–Crippen MR) is 101 cm³/mol. The topological polar surface area (TPSA) is 76.7 Å². The summed E-state index contributed by atoms with van der Waals surface area (Å²) in [5.41, 5.74) is 1.88. The van der Waals surface area contributed by atoms with Crippen molar-refractivity contribution >= 4 is 29.3 Å². The first-order chi connectivity index (χ1) is 13.5. The van der Waals surface area contributed by atoms with E-state index in [0.29, 0.717) is 30.0 Å². The molecular weight excluding hydrogens is 390 g/mol. The van der Waals surface area contributed by atoms with E-state index in [1.807, 2.05) is 0 Å². The van der Waals surface area contributed by atoms with Crippen LogP contribution >= 0.6 is 11.8 Å². The molecule has 148 valence electrons. The maximum Gasteiger partial charge on any atom is 0.387 e. The van der Waals surface area contributed by atoms with Gasteiger partial charge in [0.2, 0.25) is 5.91 Å². The number of thioether (sulfide) groups is 1. The highest BCUT2D eigenvalue weighted by Gasteiger charge is 2.17. The van der Waals surface area contributed by atoms with E-state index in [-0.39, 0.29) is 23.3 Å². The molecule has 0 spiro atoms. The summed E-state index contributed by atoms with van der Waals surface area (Å²) in [4.78, 5) is 24.7. The first-order valence-corrected chi connectivity index (χ1v) is 9.41. The SMILES string of the molecule is COc1cc(CCNC(=O)c2ccc3c(c2)NC(=O)CS3)ccc1OC(F)F. The number of amides is 2. The van der Waals surface area contributed by atoms with Gasteiger partial charge in [-0.15, -0.1) is 11.8 Å². The highest BCUT2D eigenvalue weighted by molar-refractivity contribution is 8.00. The predicted octanol–water partition coefficient (Wildman–Crippen LogP) is 3.31. The molecular formula is C19H18F2N2O4S. The highest BCUT2D eigenvalue weighted by atomic mass is 32.2. The fourth-order valence-electron chi connectivity index (χ4n) is 2.71. The van der Waals surface area contributed by atoms with Gasteiger partial charge in [0.1, 0.15) is 0 Å². The summed E-state index contributed by atoms with van der Waals surface area (Å²) in [6.07, 6.45) is 0.481. The van der Waals surface area contributed by atoms with Crippen molar-refractivity contribution in [2.24, 2.45) is 0 Å². The Morgan fingerprint density at radius 3 is 2.82 bits per heavy atom. The minimum Gasteiger partial charge on any atom is -0.493 e. The van der Waals surface area contributed by atoms with Gasteiger partial charge in [-0.3, -0.25) is 9.59 Å². The molecule has 0 unspecified atom stereocenters. The zero-order chi connectivity index (χ0) is 20.1. The summed E-state index contributed by atoms with van der Waals surface area (Å²) in [5.74, 6) is 0.162. The maximum absolute atomic E-state index is 12.4. The van der Waals surface area contributed by atoms with Gasteiger partial charge in [-0.1, -0.05) is 6.07 Å². The van der Waals surface area contributed by atoms with Gasteiger partial charge in [-0.05, 0) is 42.3 Å². The standard InChI is InChI=1S/C19H18F2N2O4S/c1-26-15-8-11(2-4-14(15)27-19(20)21)6-7-22-18(25)12-3-5-16-13(9-12)23-17(24)10-28-16/h2-5,8-9,19H,6-7,10H2,1H3,(H,22,25)(H,23,24). The Morgan fingerprint density at radius 2 is 2.07 bits per heavy atom. The number of anilines is 1. The summed E-state index contributed by atoms with van der Waals surface area (Å²) in [5, 5.41) is 5.55. The molecule has 2 aromatic rings. The number of ether oxygens (including phenoxy) is 2. The summed E-state index contributed by atoms with van der Waals surface area (Å²) >= 11 is 1.43. The molecule has 2 aromatic carbocycles. The van der Waals surface area contributed by atoms with Crippen LogP contribution in [0.4, 0.5) is 14.5 Å². The molecule has 0 aromatic heterocycles. The fourth-order valence-corrected chi connectivity index (χ4v) is 3.50. The average molecular weight is 408 g/mol. The summed E-state index contributed by atoms with van der Waals surface area (Å²) in [6.45, 7) is -2.59. The van der Waals surface area contributed by atoms with Crippen molar-refractivity contribution in [2.75, 3.05) is 24.7 Å². The smallest absolute Gasteiger partial charge is 0.387 e. The molecule has 0 aliphatic carbocycles. The molecule has 3 rings (SSSR count). The zero-order valence-corrected chi connectivity index (χ0v) is 15.8. The first kappa shape index (κ1) is 19.9. The molecule has 28 heavy (non-hydrogen) atoms. The Morgan fingerprint density at radius 1 is 1.25 bits per heavy atom. The molecule has 0 fully saturated rings. The van der Waals surface area contributed by atoms with Gasteiger partial charge in [-0.2, -0.15) is 8.78 Å². The minimum absolute atomic E-state index is 0.0424. The van der Waals surface area contributed by atoms with E-state index < -0.39 is 6.61 Å². The van der Waals surface area contributed by atoms with Crippen molar-refractivity contribution in [3.8, 4) is 11.5 Å². The molecule has 9 heteroatoms. The van der Waals surface area contributed by atoms with Crippen LogP contribution in [0.3, 0.4) is 0 Å². The van der Waals surface area contributed by atoms with Crippen LogP contribution in [0.15, 0.2) is 41.3 Å². The molecule has 0 saturated heterocycles. The number of benzene rings is 2. The zero-order valence-electron chi connectivity index (χ0n) is 15.0. The lowest BCUT2D eigenvalue weighted by atomic mass is 10.1. The molecule has 0 bridgehead atoms. The number of halogens is 2. The van der Waals surface area contributed by atoms with Crippen LogP contribution in [0.1, 0.15) is 15.9 Å². The van der Waals surface area contributed by atoms with Crippen LogP contribution < -0.4 is 20.1 Å². The third kappa shape index (κ3) is 4.92. The Hall–Kier alpha value is -2.81. The van der Waals surface area contributed by atoms with Crippen molar-refractivity contribution in [3.05, 3.63) is 47.5 Å². The van der Waals surface area contributed by atoms with E-state index >= 15 is 0 Å². The number of carbonyl (C=O) groups excluding carboxylic acids is 2. The quantitative estimate of drug-likeness (QED) is 0.735. The monoisotopic (exact) mass is 408 g/mol. The van der Waals surface area contributed by atoms with E-state index in [9.17, 15) is 18.4 Å². The molecule has 0 atom stereocenters. The molecule has 0 radical (unpaired) electrons. The highest BCUT2D eigenvalue weighted by Crippen LogP contribution is 2.32. The van der Waals surface area contributed by atoms with Crippen LogP contribution in [-0.4, -0.2) is 37.8 Å². The number of nitrogens with one attached hydrogen (secondary N) is 2. The van der Waals surface area contributed by atoms with Gasteiger partial charge in [0.15, 0.2) is 11.5 Å². The normalized spacial score (nSPS) is 12.9. The van der Waals surface area contributed by atoms with Gasteiger partial charge in [-0.25, -0.2) is 0 Å². The van der Waals surface area contributed by atoms with Crippen molar-refractivity contribution in [2.45, 2.75) is 17.9 Å². The summed E-state index contributed by atoms with van der Waals surface area (Å²) in [6, 6.07) is 9.80. The lowest BCUT2D eigenvalue weighted by Gasteiger charge is -2.17. The van der Waals surface area contributed by atoms with Gasteiger partial charge in [0, 0.05) is 17.0 Å². The second-order valence-electron chi connectivity index (χ2n) is 5.92. The minimum atomic E-state index is -2.93. The average Bonchev–Trinajstić information content (AvgIpc) is 2.67. The molecule has 6 nitrogen and oxygen atoms in total. The Balaban J connectivity index is 1.58. The van der Waals surface area contributed by atoms with Crippen LogP contribution in [-0.2, 0) is 11.2 Å². The molecule has 1 aliphatic rings. The summed E-state index contributed by atoms with van der Waals surface area (Å²) in [7, 11) is 1.37. The van der Waals surface area contributed by atoms with Gasteiger partial charge in [0.25, 0.3) is 5.91 Å². The number of fused-ring (bicyclic) bond motifs is 1. The van der Waals surface area contributed by atoms with Crippen molar-refractivity contribution in [1.82, 2.24) is 5.32 Å².